The minimum absolute atomic E-state index is 0.138. The zero-order valence-electron chi connectivity index (χ0n) is 8.32. The van der Waals surface area contributed by atoms with Crippen molar-refractivity contribution >= 4 is 10.1 Å². The number of hydrogen-bond donors (Lipinski definition) is 1. The highest BCUT2D eigenvalue weighted by molar-refractivity contribution is 7.87. The average molecular weight is 292 g/mol. The van der Waals surface area contributed by atoms with Crippen LogP contribution in [0.2, 0.25) is 0 Å². The lowest BCUT2D eigenvalue weighted by Gasteiger charge is -2.35. The van der Waals surface area contributed by atoms with Gasteiger partial charge in [0.05, 0.1) is 0 Å². The van der Waals surface area contributed by atoms with E-state index >= 15 is 0 Å². The number of halogens is 7. The second-order valence-corrected chi connectivity index (χ2v) is 5.08. The van der Waals surface area contributed by atoms with E-state index in [9.17, 15) is 39.2 Å². The third-order valence-electron chi connectivity index (χ3n) is 1.83. The van der Waals surface area contributed by atoms with E-state index in [-0.39, 0.29) is 13.8 Å². The van der Waals surface area contributed by atoms with E-state index < -0.39 is 32.9 Å². The molecule has 1 N–H and O–H groups in total. The Morgan fingerprint density at radius 3 is 1.29 bits per heavy atom. The molecule has 17 heavy (non-hydrogen) atoms. The van der Waals surface area contributed by atoms with Crippen molar-refractivity contribution in [3.63, 3.8) is 0 Å². The maximum absolute atomic E-state index is 12.8. The zero-order valence-corrected chi connectivity index (χ0v) is 9.13. The molecule has 0 rings (SSSR count). The van der Waals surface area contributed by atoms with E-state index in [1.54, 1.807) is 0 Å². The molecule has 0 spiro atoms. The Hall–Kier alpha value is -0.580. The Bertz CT molecular complexity index is 394. The van der Waals surface area contributed by atoms with Crippen molar-refractivity contribution in [1.82, 2.24) is 0 Å². The van der Waals surface area contributed by atoms with E-state index in [1.807, 2.05) is 0 Å². The van der Waals surface area contributed by atoms with Crippen LogP contribution in [-0.2, 0) is 10.1 Å². The molecule has 0 unspecified atom stereocenters. The lowest BCUT2D eigenvalue weighted by atomic mass is 9.96. The highest BCUT2D eigenvalue weighted by Crippen LogP contribution is 2.53. The van der Waals surface area contributed by atoms with Crippen LogP contribution in [0, 0.1) is 0 Å². The Kier molecular flexibility index (Phi) is 3.58. The van der Waals surface area contributed by atoms with Crippen molar-refractivity contribution in [2.24, 2.45) is 0 Å². The van der Waals surface area contributed by atoms with Gasteiger partial charge in [-0.1, -0.05) is 0 Å². The normalized spacial score (nSPS) is 16.1. The lowest BCUT2D eigenvalue weighted by molar-refractivity contribution is -0.316. The van der Waals surface area contributed by atoms with Gasteiger partial charge in [-0.05, 0) is 13.8 Å². The van der Waals surface area contributed by atoms with Gasteiger partial charge in [-0.25, -0.2) is 4.39 Å². The monoisotopic (exact) mass is 292 g/mol. The molecule has 0 radical (unpaired) electrons. The number of hydrogen-bond acceptors (Lipinski definition) is 2. The summed E-state index contributed by atoms with van der Waals surface area (Å²) in [5.74, 6) is -12.6. The van der Waals surface area contributed by atoms with Crippen LogP contribution < -0.4 is 0 Å². The summed E-state index contributed by atoms with van der Waals surface area (Å²) in [4.78, 5) is 0. The van der Waals surface area contributed by atoms with Crippen molar-refractivity contribution < 1.29 is 43.7 Å². The lowest BCUT2D eigenvalue weighted by Crippen LogP contribution is -2.63. The summed E-state index contributed by atoms with van der Waals surface area (Å²) in [6, 6.07) is 0. The molecule has 3 nitrogen and oxygen atoms in total. The Morgan fingerprint density at radius 2 is 1.12 bits per heavy atom. The van der Waals surface area contributed by atoms with Crippen LogP contribution in [0.1, 0.15) is 13.8 Å². The summed E-state index contributed by atoms with van der Waals surface area (Å²) >= 11 is 0. The van der Waals surface area contributed by atoms with Gasteiger partial charge in [-0.2, -0.15) is 34.8 Å². The van der Waals surface area contributed by atoms with Gasteiger partial charge in [0, 0.05) is 0 Å². The zero-order chi connectivity index (χ0) is 14.5. The second-order valence-electron chi connectivity index (χ2n) is 3.61. The van der Waals surface area contributed by atoms with Gasteiger partial charge in [0.15, 0.2) is 5.67 Å². The maximum Gasteiger partial charge on any atom is 0.438 e. The summed E-state index contributed by atoms with van der Waals surface area (Å²) in [6.07, 6.45) is 0. The highest BCUT2D eigenvalue weighted by atomic mass is 32.2. The quantitative estimate of drug-likeness (QED) is 0.640. The summed E-state index contributed by atoms with van der Waals surface area (Å²) < 4.78 is 116. The third kappa shape index (κ3) is 2.21. The molecule has 0 heterocycles. The predicted molar refractivity (Wildman–Crippen MR) is 41.6 cm³/mol. The van der Waals surface area contributed by atoms with Crippen LogP contribution in [-0.4, -0.2) is 35.7 Å². The third-order valence-corrected chi connectivity index (χ3v) is 2.73. The van der Waals surface area contributed by atoms with Crippen LogP contribution >= 0.6 is 0 Å². The van der Waals surface area contributed by atoms with Gasteiger partial charge in [-0.3, -0.25) is 4.55 Å². The topological polar surface area (TPSA) is 54.4 Å². The molecule has 11 heteroatoms. The van der Waals surface area contributed by atoms with Crippen LogP contribution in [0.25, 0.3) is 0 Å². The van der Waals surface area contributed by atoms with E-state index in [0.29, 0.717) is 0 Å². The Labute approximate surface area is 91.4 Å². The fourth-order valence-electron chi connectivity index (χ4n) is 0.718. The largest absolute Gasteiger partial charge is 0.438 e. The van der Waals surface area contributed by atoms with Gasteiger partial charge >= 0.3 is 27.2 Å². The molecule has 0 fully saturated rings. The van der Waals surface area contributed by atoms with E-state index in [1.165, 1.54) is 0 Å². The van der Waals surface area contributed by atoms with Gasteiger partial charge in [-0.15, -0.1) is 0 Å². The first kappa shape index (κ1) is 16.4. The molecular formula is C6H7F7O3S. The van der Waals surface area contributed by atoms with E-state index in [4.69, 9.17) is 4.55 Å². The standard InChI is InChI=1S/C6H7F7O3S/c1-3(2,7)4(8,9)5(10,11)6(12,13)17(14,15)16/h1-2H3,(H,14,15,16). The fraction of sp³-hybridized carbons (Fsp3) is 1.00. The molecule has 0 saturated carbocycles. The smallest absolute Gasteiger partial charge is 0.281 e. The average Bonchev–Trinajstić information content (AvgIpc) is 1.98. The molecule has 0 aromatic carbocycles. The first-order chi connectivity index (χ1) is 7.00. The molecular weight excluding hydrogens is 285 g/mol. The minimum atomic E-state index is -6.83. The van der Waals surface area contributed by atoms with Crippen molar-refractivity contribution in [1.29, 1.82) is 0 Å². The summed E-state index contributed by atoms with van der Waals surface area (Å²) in [5, 5.41) is -6.52. The van der Waals surface area contributed by atoms with Gasteiger partial charge in [0.25, 0.3) is 0 Å². The van der Waals surface area contributed by atoms with Crippen LogP contribution in [0.3, 0.4) is 0 Å². The van der Waals surface area contributed by atoms with Gasteiger partial charge in [0.1, 0.15) is 0 Å². The predicted octanol–water partition coefficient (Wildman–Crippen LogP) is 2.49. The van der Waals surface area contributed by atoms with Gasteiger partial charge < -0.3 is 0 Å². The molecule has 0 aromatic rings. The van der Waals surface area contributed by atoms with E-state index in [2.05, 4.69) is 0 Å². The molecule has 0 aliphatic rings. The second kappa shape index (κ2) is 3.70. The molecule has 0 saturated heterocycles. The number of rotatable bonds is 4. The minimum Gasteiger partial charge on any atom is -0.281 e. The SMILES string of the molecule is CC(C)(F)C(F)(F)C(F)(F)C(F)(F)S(=O)(=O)O. The Morgan fingerprint density at radius 1 is 0.824 bits per heavy atom. The van der Waals surface area contributed by atoms with Crippen molar-refractivity contribution in [2.45, 2.75) is 36.6 Å². The molecule has 0 amide bonds. The summed E-state index contributed by atoms with van der Waals surface area (Å²) in [6.45, 7) is -0.276. The fourth-order valence-corrected chi connectivity index (χ4v) is 1.17. The first-order valence-electron chi connectivity index (χ1n) is 3.79. The molecule has 104 valence electrons. The number of alkyl halides is 7. The molecule has 0 atom stereocenters. The Balaban J connectivity index is 5.91. The van der Waals surface area contributed by atoms with Crippen LogP contribution in [0.5, 0.6) is 0 Å². The molecule has 0 aromatic heterocycles. The van der Waals surface area contributed by atoms with Crippen LogP contribution in [0.15, 0.2) is 0 Å². The summed E-state index contributed by atoms with van der Waals surface area (Å²) in [5.41, 5.74) is -4.13. The summed E-state index contributed by atoms with van der Waals surface area (Å²) in [7, 11) is -6.83. The van der Waals surface area contributed by atoms with E-state index in [0.717, 1.165) is 0 Å². The maximum atomic E-state index is 12.8. The highest BCUT2D eigenvalue weighted by Gasteiger charge is 2.81. The van der Waals surface area contributed by atoms with Gasteiger partial charge in [0.2, 0.25) is 0 Å². The molecule has 0 bridgehead atoms. The van der Waals surface area contributed by atoms with Crippen LogP contribution in [0.4, 0.5) is 30.7 Å². The molecule has 0 aliphatic carbocycles. The first-order valence-corrected chi connectivity index (χ1v) is 5.23. The van der Waals surface area contributed by atoms with Crippen molar-refractivity contribution in [3.05, 3.63) is 0 Å². The van der Waals surface area contributed by atoms with Crippen molar-refractivity contribution in [2.75, 3.05) is 0 Å². The molecule has 0 aliphatic heterocycles. The van der Waals surface area contributed by atoms with Crippen molar-refractivity contribution in [3.8, 4) is 0 Å².